The van der Waals surface area contributed by atoms with Crippen molar-refractivity contribution in [3.05, 3.63) is 286 Å². The minimum absolute atomic E-state index is 0.213. The van der Waals surface area contributed by atoms with Gasteiger partial charge in [-0.1, -0.05) is 30.3 Å². The van der Waals surface area contributed by atoms with E-state index in [1.807, 2.05) is 78.9 Å². The van der Waals surface area contributed by atoms with Crippen LogP contribution in [0.4, 0.5) is 105 Å². The first-order valence-electron chi connectivity index (χ1n) is 41.2. The first kappa shape index (κ1) is 89.8. The van der Waals surface area contributed by atoms with Crippen LogP contribution >= 0.6 is 0 Å². The van der Waals surface area contributed by atoms with Crippen molar-refractivity contribution in [2.24, 2.45) is 0 Å². The molecule has 18 rings (SSSR count). The predicted octanol–water partition coefficient (Wildman–Crippen LogP) is 20.4. The average molecular weight is 1790 g/mol. The highest BCUT2D eigenvalue weighted by Gasteiger charge is 2.24. The summed E-state index contributed by atoms with van der Waals surface area (Å²) in [7, 11) is 3.16. The number of hydrogen-bond acceptors (Lipinski definition) is 27. The highest BCUT2D eigenvalue weighted by molar-refractivity contribution is 5.81. The molecule has 4 atom stereocenters. The number of hydrogen-bond donors (Lipinski definition) is 12. The van der Waals surface area contributed by atoms with Gasteiger partial charge in [0.25, 0.3) is 0 Å². The second-order valence-corrected chi connectivity index (χ2v) is 30.4. The molecule has 0 amide bonds. The van der Waals surface area contributed by atoms with E-state index in [0.717, 1.165) is 101 Å². The molecule has 7 aromatic carbocycles. The van der Waals surface area contributed by atoms with Crippen molar-refractivity contribution in [2.45, 2.75) is 98.3 Å². The molecular weight excluding hydrogens is 1700 g/mol. The van der Waals surface area contributed by atoms with E-state index in [0.29, 0.717) is 144 Å². The van der Waals surface area contributed by atoms with Gasteiger partial charge >= 0.3 is 0 Å². The molecule has 2 aliphatic rings. The number of halogens is 8. The van der Waals surface area contributed by atoms with E-state index in [-0.39, 0.29) is 6.79 Å². The molecule has 0 bridgehead atoms. The SMILES string of the molecule is COc1ccc(-c2cc(Nc3cc(NC(C)c4ccc(F)cc4F)nc(C)n3)n[nH]2)cc1OC.Cc1nc(Nc2cc(-c3ccc4c(c3)OCO4)[nH]n2)cc(NC(C)c2ccc(F)cc2F)n1.Cc1nc(Nc2cc(-c3ccc4nccnc4c3)[nH]n2)cc(N[C@@H](C)c2ccc(F)cc2F)n1.Cc1nc(Nc2cc(C3CCOCC3)[nH]n2)cc(NC(C)c2ccc(F)cc2F)n1. The highest BCUT2D eigenvalue weighted by Crippen LogP contribution is 2.39. The molecule has 0 saturated carbocycles. The lowest BCUT2D eigenvalue weighted by atomic mass is 9.97. The fourth-order valence-corrected chi connectivity index (χ4v) is 14.4. The smallest absolute Gasteiger partial charge is 0.231 e. The van der Waals surface area contributed by atoms with Gasteiger partial charge in [0.2, 0.25) is 6.79 Å². The maximum Gasteiger partial charge on any atom is 0.231 e. The minimum Gasteiger partial charge on any atom is -0.493 e. The number of nitrogens with zero attached hydrogens (tertiary/aromatic N) is 14. The molecule has 16 aromatic rings. The summed E-state index contributed by atoms with van der Waals surface area (Å²) in [5, 5.41) is 54.5. The second-order valence-electron chi connectivity index (χ2n) is 30.4. The van der Waals surface area contributed by atoms with Crippen LogP contribution in [0.2, 0.25) is 0 Å². The third-order valence-corrected chi connectivity index (χ3v) is 20.7. The molecule has 131 heavy (non-hydrogen) atoms. The molecule has 0 aliphatic carbocycles. The maximum atomic E-state index is 14.1. The Morgan fingerprint density at radius 1 is 0.336 bits per heavy atom. The lowest BCUT2D eigenvalue weighted by molar-refractivity contribution is 0.0845. The third-order valence-electron chi connectivity index (χ3n) is 20.7. The fourth-order valence-electron chi connectivity index (χ4n) is 14.4. The molecule has 39 heteroatoms. The van der Waals surface area contributed by atoms with E-state index in [9.17, 15) is 35.1 Å². The zero-order valence-corrected chi connectivity index (χ0v) is 72.1. The van der Waals surface area contributed by atoms with Gasteiger partial charge in [-0.05, 0) is 141 Å². The zero-order chi connectivity index (χ0) is 91.9. The molecule has 1 saturated heterocycles. The topological polar surface area (TPSA) is 386 Å². The summed E-state index contributed by atoms with van der Waals surface area (Å²) < 4.78 is 136. The minimum atomic E-state index is -0.622. The van der Waals surface area contributed by atoms with E-state index in [2.05, 4.69) is 133 Å². The van der Waals surface area contributed by atoms with Crippen LogP contribution in [0.15, 0.2) is 188 Å². The van der Waals surface area contributed by atoms with E-state index >= 15 is 0 Å². The van der Waals surface area contributed by atoms with E-state index in [1.54, 1.807) is 106 Å². The van der Waals surface area contributed by atoms with Crippen LogP contribution in [0.25, 0.3) is 44.8 Å². The summed E-state index contributed by atoms with van der Waals surface area (Å²) >= 11 is 0. The van der Waals surface area contributed by atoms with Crippen molar-refractivity contribution >= 4 is 80.8 Å². The quantitative estimate of drug-likeness (QED) is 0.0224. The standard InChI is InChI=1S/C24H20F2N8.C24H24F2N6O2.C23H20F2N6O2.C21H24F2N6O/c1-13(17-5-4-16(25)10-18(17)26)29-22-12-23(31-14(2)30-22)32-24-11-20(33-34-24)15-3-6-19-21(9-15)28-8-7-27-19;1-13(17-7-6-16(25)10-18(17)26)27-22-12-23(29-14(2)28-22)30-24-11-19(31-32-24)15-5-8-20(33-3)21(9-15)34-4;1-12(16-5-4-15(24)8-17(16)25)26-21-10-22(28-13(2)27-21)29-23-9-18(30-31-23)14-3-6-19-20(7-14)33-11-32-19;1-12(16-4-3-15(22)9-17(16)23)24-19-11-20(26-13(2)25-19)27-21-10-18(28-29-21)14-5-7-30-8-6-14/h3-13H,1-2H3,(H3,29,30,31,32,33,34);5-13H,1-4H3,(H3,27,28,29,30,31,32);3-10,12H,11H2,1-2H3,(H3,26,27,28,29,30,31);3-4,9-12,14H,5-8H2,1-2H3,(H3,24,25,26,27,28,29)/t13-;;;/m0.../s1. The first-order chi connectivity index (χ1) is 63.2. The Morgan fingerprint density at radius 3 is 1.08 bits per heavy atom. The molecular formula is C92H88F8N26O5. The molecule has 9 aromatic heterocycles. The molecule has 12 N–H and O–H groups in total. The summed E-state index contributed by atoms with van der Waals surface area (Å²) in [6.45, 7) is 15.9. The van der Waals surface area contributed by atoms with Gasteiger partial charge in [-0.15, -0.1) is 0 Å². The van der Waals surface area contributed by atoms with Crippen LogP contribution in [-0.2, 0) is 4.74 Å². The van der Waals surface area contributed by atoms with Crippen LogP contribution < -0.4 is 61.5 Å². The number of benzene rings is 7. The first-order valence-corrected chi connectivity index (χ1v) is 41.2. The van der Waals surface area contributed by atoms with Crippen molar-refractivity contribution < 1.29 is 58.8 Å². The normalized spacial score (nSPS) is 13.1. The zero-order valence-electron chi connectivity index (χ0n) is 72.1. The van der Waals surface area contributed by atoms with Crippen molar-refractivity contribution in [1.82, 2.24) is 90.6 Å². The molecule has 2 aliphatic heterocycles. The number of fused-ring (bicyclic) bond motifs is 2. The fraction of sp³-hybridized carbons (Fsp3) is 0.217. The summed E-state index contributed by atoms with van der Waals surface area (Å²) in [5.41, 5.74) is 9.10. The van der Waals surface area contributed by atoms with Crippen molar-refractivity contribution in [2.75, 3.05) is 76.8 Å². The Kier molecular flexibility index (Phi) is 28.0. The molecule has 11 heterocycles. The van der Waals surface area contributed by atoms with E-state index < -0.39 is 70.7 Å². The van der Waals surface area contributed by atoms with Crippen LogP contribution in [0.3, 0.4) is 0 Å². The molecule has 31 nitrogen and oxygen atoms in total. The monoisotopic (exact) mass is 1790 g/mol. The van der Waals surface area contributed by atoms with E-state index in [1.165, 1.54) is 48.5 Å². The average Bonchev–Trinajstić information content (AvgIpc) is 1.72. The maximum absolute atomic E-state index is 14.1. The van der Waals surface area contributed by atoms with Crippen LogP contribution in [0.5, 0.6) is 23.0 Å². The van der Waals surface area contributed by atoms with Crippen molar-refractivity contribution in [3.8, 4) is 56.8 Å². The van der Waals surface area contributed by atoms with Crippen molar-refractivity contribution in [3.63, 3.8) is 0 Å². The Hall–Kier alpha value is -16.0. The molecule has 0 radical (unpaired) electrons. The van der Waals surface area contributed by atoms with E-state index in [4.69, 9.17) is 23.7 Å². The Morgan fingerprint density at radius 2 is 0.679 bits per heavy atom. The summed E-state index contributed by atoms with van der Waals surface area (Å²) in [6, 6.07) is 43.7. The number of aryl methyl sites for hydroxylation is 4. The van der Waals surface area contributed by atoms with Gasteiger partial charge in [0.05, 0.1) is 66.5 Å². The largest absolute Gasteiger partial charge is 0.493 e. The number of aromatic nitrogens is 18. The van der Waals surface area contributed by atoms with Gasteiger partial charge in [-0.3, -0.25) is 30.4 Å². The van der Waals surface area contributed by atoms with Gasteiger partial charge < -0.3 is 66.2 Å². The Labute approximate surface area is 744 Å². The Balaban J connectivity index is 0.000000134. The molecule has 3 unspecified atom stereocenters. The number of rotatable bonds is 26. The van der Waals surface area contributed by atoms with Crippen LogP contribution in [0.1, 0.15) is 122 Å². The number of methoxy groups -OCH3 is 2. The van der Waals surface area contributed by atoms with Crippen LogP contribution in [0, 0.1) is 74.2 Å². The molecule has 672 valence electrons. The van der Waals surface area contributed by atoms with Gasteiger partial charge in [-0.25, -0.2) is 75.0 Å². The van der Waals surface area contributed by atoms with Gasteiger partial charge in [0.1, 0.15) is 116 Å². The third kappa shape index (κ3) is 23.3. The number of anilines is 12. The van der Waals surface area contributed by atoms with Crippen molar-refractivity contribution in [1.29, 1.82) is 0 Å². The van der Waals surface area contributed by atoms with Gasteiger partial charge in [0.15, 0.2) is 46.3 Å². The van der Waals surface area contributed by atoms with Gasteiger partial charge in [-0.2, -0.15) is 20.4 Å². The second kappa shape index (κ2) is 40.8. The predicted molar refractivity (Wildman–Crippen MR) is 480 cm³/mol. The molecule has 0 spiro atoms. The Bertz CT molecular complexity index is 6720. The number of nitrogens with one attached hydrogen (secondary N) is 12. The summed E-state index contributed by atoms with van der Waals surface area (Å²) in [6.07, 6.45) is 5.25. The highest BCUT2D eigenvalue weighted by atomic mass is 19.2. The summed E-state index contributed by atoms with van der Waals surface area (Å²) in [4.78, 5) is 43.7. The van der Waals surface area contributed by atoms with Gasteiger partial charge in [0, 0.05) is 149 Å². The van der Waals surface area contributed by atoms with Crippen LogP contribution in [-0.4, -0.2) is 125 Å². The number of H-pyrrole nitrogens is 4. The number of ether oxygens (including phenoxy) is 5. The lowest BCUT2D eigenvalue weighted by Crippen LogP contribution is -2.14. The number of aromatic amines is 4. The lowest BCUT2D eigenvalue weighted by Gasteiger charge is -2.20. The summed E-state index contributed by atoms with van der Waals surface area (Å²) in [5.74, 6) is 6.68. The molecule has 1 fully saturated rings.